The second-order valence-electron chi connectivity index (χ2n) is 7.21. The van der Waals surface area contributed by atoms with E-state index in [1.54, 1.807) is 11.0 Å². The molecule has 11 heteroatoms. The van der Waals surface area contributed by atoms with Crippen molar-refractivity contribution < 1.29 is 22.0 Å². The second-order valence-corrected chi connectivity index (χ2v) is 9.53. The molecule has 28 heavy (non-hydrogen) atoms. The summed E-state index contributed by atoms with van der Waals surface area (Å²) >= 11 is 5.84. The van der Waals surface area contributed by atoms with Crippen LogP contribution in [0.2, 0.25) is 5.02 Å². The molecule has 0 radical (unpaired) electrons. The predicted octanol–water partition coefficient (Wildman–Crippen LogP) is 1.63. The number of likely N-dealkylation sites (tertiary alicyclic amines) is 2. The van der Waals surface area contributed by atoms with E-state index in [1.807, 2.05) is 0 Å². The Bertz CT molecular complexity index is 851. The smallest absolute Gasteiger partial charge is 0.320 e. The number of halogens is 3. The van der Waals surface area contributed by atoms with E-state index in [2.05, 4.69) is 4.72 Å². The summed E-state index contributed by atoms with van der Waals surface area (Å²) in [6.45, 7) is 0.875. The maximum atomic E-state index is 14.8. The normalized spacial score (nSPS) is 25.3. The number of hydrogen-bond acceptors (Lipinski definition) is 3. The Morgan fingerprint density at radius 2 is 2.04 bits per heavy atom. The summed E-state index contributed by atoms with van der Waals surface area (Å²) in [6.07, 6.45) is -0.817. The molecule has 1 aromatic carbocycles. The first-order chi connectivity index (χ1) is 13.1. The molecular formula is C17H23ClF2N4O3S. The average Bonchev–Trinajstić information content (AvgIpc) is 2.86. The van der Waals surface area contributed by atoms with Crippen molar-refractivity contribution in [1.82, 2.24) is 18.8 Å². The number of urea groups is 1. The summed E-state index contributed by atoms with van der Waals surface area (Å²) in [4.78, 5) is 15.6. The van der Waals surface area contributed by atoms with Gasteiger partial charge in [-0.05, 0) is 24.5 Å². The molecule has 0 unspecified atom stereocenters. The van der Waals surface area contributed by atoms with E-state index in [0.717, 1.165) is 10.7 Å². The van der Waals surface area contributed by atoms with Gasteiger partial charge in [0.05, 0.1) is 23.7 Å². The maximum Gasteiger partial charge on any atom is 0.320 e. The molecule has 1 aromatic rings. The predicted molar refractivity (Wildman–Crippen MR) is 102 cm³/mol. The van der Waals surface area contributed by atoms with Crippen LogP contribution in [-0.4, -0.2) is 80.5 Å². The van der Waals surface area contributed by atoms with Gasteiger partial charge in [-0.2, -0.15) is 17.4 Å². The molecule has 2 heterocycles. The van der Waals surface area contributed by atoms with Crippen LogP contribution >= 0.6 is 11.6 Å². The molecule has 1 N–H and O–H groups in total. The second kappa shape index (κ2) is 8.10. The lowest BCUT2D eigenvalue weighted by atomic mass is 9.99. The number of hydrogen-bond donors (Lipinski definition) is 1. The third-order valence-electron chi connectivity index (χ3n) is 5.17. The number of nitrogens with zero attached hydrogens (tertiary/aromatic N) is 3. The van der Waals surface area contributed by atoms with Crippen molar-refractivity contribution in [2.45, 2.75) is 31.1 Å². The summed E-state index contributed by atoms with van der Waals surface area (Å²) in [5, 5.41) is -0.0849. The van der Waals surface area contributed by atoms with Gasteiger partial charge in [0.15, 0.2) is 0 Å². The number of carbonyl (C=O) groups is 1. The van der Waals surface area contributed by atoms with Gasteiger partial charge in [-0.25, -0.2) is 13.6 Å². The molecule has 2 saturated heterocycles. The zero-order valence-electron chi connectivity index (χ0n) is 15.6. The molecule has 0 aliphatic carbocycles. The van der Waals surface area contributed by atoms with E-state index in [1.165, 1.54) is 31.1 Å². The highest BCUT2D eigenvalue weighted by Crippen LogP contribution is 2.29. The summed E-state index contributed by atoms with van der Waals surface area (Å²) < 4.78 is 57.0. The third kappa shape index (κ3) is 4.10. The Kier molecular flexibility index (Phi) is 6.14. The van der Waals surface area contributed by atoms with Crippen LogP contribution in [0, 0.1) is 5.82 Å². The van der Waals surface area contributed by atoms with Crippen LogP contribution in [0.4, 0.5) is 13.6 Å². The lowest BCUT2D eigenvalue weighted by molar-refractivity contribution is 0.119. The molecule has 2 aliphatic rings. The van der Waals surface area contributed by atoms with Gasteiger partial charge in [0.25, 0.3) is 10.2 Å². The van der Waals surface area contributed by atoms with Crippen molar-refractivity contribution in [1.29, 1.82) is 0 Å². The number of amides is 2. The molecule has 3 atom stereocenters. The average molecular weight is 437 g/mol. The van der Waals surface area contributed by atoms with Crippen LogP contribution in [0.3, 0.4) is 0 Å². The molecule has 0 bridgehead atoms. The first-order valence-corrected chi connectivity index (χ1v) is 10.8. The van der Waals surface area contributed by atoms with Gasteiger partial charge in [-0.15, -0.1) is 0 Å². The molecule has 0 aromatic heterocycles. The zero-order chi connectivity index (χ0) is 20.6. The van der Waals surface area contributed by atoms with Gasteiger partial charge < -0.3 is 9.80 Å². The van der Waals surface area contributed by atoms with Gasteiger partial charge in [-0.3, -0.25) is 0 Å². The standard InChI is InChI=1S/C17H23ClF2N4O3S/c1-22(2)28(26,27)21-16-13(19)10-24(17(25)23-7-4-8-23)14(16)9-11-5-3-6-12(18)15(11)20/h3,5-6,13-14,16,21H,4,7-10H2,1-2H3/t13-,14-,16-/m0/s1. The summed E-state index contributed by atoms with van der Waals surface area (Å²) in [7, 11) is -1.31. The van der Waals surface area contributed by atoms with Crippen LogP contribution in [-0.2, 0) is 16.6 Å². The quantitative estimate of drug-likeness (QED) is 0.762. The Morgan fingerprint density at radius 3 is 2.61 bits per heavy atom. The highest BCUT2D eigenvalue weighted by Gasteiger charge is 2.48. The molecular weight excluding hydrogens is 414 g/mol. The van der Waals surface area contributed by atoms with Crippen molar-refractivity contribution in [2.24, 2.45) is 0 Å². The third-order valence-corrected chi connectivity index (χ3v) is 7.00. The fourth-order valence-electron chi connectivity index (χ4n) is 3.38. The number of carbonyl (C=O) groups excluding carboxylic acids is 1. The van der Waals surface area contributed by atoms with Crippen molar-refractivity contribution in [2.75, 3.05) is 33.7 Å². The molecule has 156 valence electrons. The van der Waals surface area contributed by atoms with Crippen molar-refractivity contribution in [3.8, 4) is 0 Å². The number of benzene rings is 1. The van der Waals surface area contributed by atoms with Crippen LogP contribution < -0.4 is 4.72 Å². The van der Waals surface area contributed by atoms with E-state index in [-0.39, 0.29) is 29.6 Å². The number of nitrogens with one attached hydrogen (secondary N) is 1. The minimum absolute atomic E-state index is 0.0625. The van der Waals surface area contributed by atoms with Crippen LogP contribution in [0.25, 0.3) is 0 Å². The first-order valence-electron chi connectivity index (χ1n) is 8.94. The Morgan fingerprint density at radius 1 is 1.36 bits per heavy atom. The lowest BCUT2D eigenvalue weighted by Crippen LogP contribution is -2.55. The topological polar surface area (TPSA) is 73.0 Å². The summed E-state index contributed by atoms with van der Waals surface area (Å²) in [6, 6.07) is 2.00. The van der Waals surface area contributed by atoms with E-state index in [0.29, 0.717) is 13.1 Å². The van der Waals surface area contributed by atoms with E-state index in [9.17, 15) is 22.0 Å². The Labute approximate surface area is 168 Å². The van der Waals surface area contributed by atoms with Crippen LogP contribution in [0.1, 0.15) is 12.0 Å². The first kappa shape index (κ1) is 21.2. The minimum Gasteiger partial charge on any atom is -0.325 e. The van der Waals surface area contributed by atoms with Gasteiger partial charge in [0.1, 0.15) is 12.0 Å². The highest BCUT2D eigenvalue weighted by atomic mass is 35.5. The van der Waals surface area contributed by atoms with E-state index in [4.69, 9.17) is 11.6 Å². The zero-order valence-corrected chi connectivity index (χ0v) is 17.2. The molecule has 3 rings (SSSR count). The number of rotatable bonds is 5. The molecule has 2 amide bonds. The van der Waals surface area contributed by atoms with Crippen LogP contribution in [0.5, 0.6) is 0 Å². The van der Waals surface area contributed by atoms with Gasteiger partial charge in [0.2, 0.25) is 0 Å². The largest absolute Gasteiger partial charge is 0.325 e. The summed E-state index contributed by atoms with van der Waals surface area (Å²) in [5.41, 5.74) is 0.196. The SMILES string of the molecule is CN(C)S(=O)(=O)N[C@H]1[C@@H](F)CN(C(=O)N2CCC2)[C@H]1Cc1cccc(Cl)c1F. The monoisotopic (exact) mass is 436 g/mol. The van der Waals surface area contributed by atoms with Gasteiger partial charge in [-0.1, -0.05) is 23.7 Å². The summed E-state index contributed by atoms with van der Waals surface area (Å²) in [5.74, 6) is -0.656. The van der Waals surface area contributed by atoms with Crippen molar-refractivity contribution in [3.05, 3.63) is 34.6 Å². The highest BCUT2D eigenvalue weighted by molar-refractivity contribution is 7.87. The Balaban J connectivity index is 1.92. The molecule has 7 nitrogen and oxygen atoms in total. The van der Waals surface area contributed by atoms with E-state index < -0.39 is 34.3 Å². The van der Waals surface area contributed by atoms with Gasteiger partial charge >= 0.3 is 6.03 Å². The molecule has 0 spiro atoms. The molecule has 2 aliphatic heterocycles. The van der Waals surface area contributed by atoms with Crippen molar-refractivity contribution in [3.63, 3.8) is 0 Å². The Hall–Kier alpha value is -1.49. The van der Waals surface area contributed by atoms with E-state index >= 15 is 0 Å². The van der Waals surface area contributed by atoms with Gasteiger partial charge in [0, 0.05) is 27.2 Å². The molecule has 2 fully saturated rings. The fourth-order valence-corrected chi connectivity index (χ4v) is 4.43. The van der Waals surface area contributed by atoms with Crippen LogP contribution in [0.15, 0.2) is 18.2 Å². The number of alkyl halides is 1. The maximum absolute atomic E-state index is 14.8. The fraction of sp³-hybridized carbons (Fsp3) is 0.588. The molecule has 0 saturated carbocycles. The lowest BCUT2D eigenvalue weighted by Gasteiger charge is -2.37. The van der Waals surface area contributed by atoms with Crippen molar-refractivity contribution >= 4 is 27.8 Å². The minimum atomic E-state index is -3.95.